The fourth-order valence-electron chi connectivity index (χ4n) is 1.97. The Hall–Kier alpha value is -0.760. The molecule has 0 atom stereocenters. The summed E-state index contributed by atoms with van der Waals surface area (Å²) in [4.78, 5) is 0. The Bertz CT molecular complexity index is 450. The summed E-state index contributed by atoms with van der Waals surface area (Å²) in [6.07, 6.45) is 1.62. The van der Waals surface area contributed by atoms with E-state index in [0.29, 0.717) is 5.02 Å². The highest BCUT2D eigenvalue weighted by molar-refractivity contribution is 9.10. The maximum atomic E-state index is 9.35. The molecular weight excluding hydrogens is 302 g/mol. The predicted octanol–water partition coefficient (Wildman–Crippen LogP) is 3.16. The van der Waals surface area contributed by atoms with Gasteiger partial charge in [0, 0.05) is 10.2 Å². The molecule has 1 saturated heterocycles. The summed E-state index contributed by atoms with van der Waals surface area (Å²) >= 11 is 9.33. The van der Waals surface area contributed by atoms with E-state index in [4.69, 9.17) is 11.6 Å². The molecule has 0 saturated carbocycles. The number of nitriles is 1. The topological polar surface area (TPSA) is 47.9 Å². The largest absolute Gasteiger partial charge is 0.367 e. The molecule has 17 heavy (non-hydrogen) atoms. The molecular formula is C12H13BrClN3. The molecule has 5 heteroatoms. The second kappa shape index (κ2) is 5.26. The van der Waals surface area contributed by atoms with Gasteiger partial charge in [0.2, 0.25) is 0 Å². The molecule has 0 radical (unpaired) electrons. The van der Waals surface area contributed by atoms with Gasteiger partial charge in [0.1, 0.15) is 5.54 Å². The SMILES string of the molecule is N#CC1(Nc2ccc(Cl)c(Br)c2)CCNCC1. The Morgan fingerprint density at radius 3 is 2.71 bits per heavy atom. The number of nitrogens with zero attached hydrogens (tertiary/aromatic N) is 1. The lowest BCUT2D eigenvalue weighted by atomic mass is 9.89. The van der Waals surface area contributed by atoms with E-state index in [1.807, 2.05) is 18.2 Å². The van der Waals surface area contributed by atoms with Crippen LogP contribution in [0.5, 0.6) is 0 Å². The summed E-state index contributed by atoms with van der Waals surface area (Å²) in [7, 11) is 0. The quantitative estimate of drug-likeness (QED) is 0.881. The first-order chi connectivity index (χ1) is 8.15. The van der Waals surface area contributed by atoms with Crippen molar-refractivity contribution in [1.29, 1.82) is 5.26 Å². The lowest BCUT2D eigenvalue weighted by molar-refractivity contribution is 0.409. The molecule has 1 fully saturated rings. The number of nitrogens with one attached hydrogen (secondary N) is 2. The van der Waals surface area contributed by atoms with E-state index < -0.39 is 5.54 Å². The van der Waals surface area contributed by atoms with Gasteiger partial charge in [0.05, 0.1) is 11.1 Å². The van der Waals surface area contributed by atoms with Gasteiger partial charge in [0.25, 0.3) is 0 Å². The zero-order chi connectivity index (χ0) is 12.3. The van der Waals surface area contributed by atoms with E-state index in [1.54, 1.807) is 0 Å². The second-order valence-electron chi connectivity index (χ2n) is 4.20. The summed E-state index contributed by atoms with van der Waals surface area (Å²) in [5.41, 5.74) is 0.461. The Balaban J connectivity index is 2.18. The summed E-state index contributed by atoms with van der Waals surface area (Å²) < 4.78 is 0.839. The van der Waals surface area contributed by atoms with Crippen LogP contribution in [0.15, 0.2) is 22.7 Å². The van der Waals surface area contributed by atoms with Gasteiger partial charge >= 0.3 is 0 Å². The highest BCUT2D eigenvalue weighted by Crippen LogP contribution is 2.29. The van der Waals surface area contributed by atoms with E-state index in [9.17, 15) is 5.26 Å². The van der Waals surface area contributed by atoms with Crippen LogP contribution in [0.1, 0.15) is 12.8 Å². The monoisotopic (exact) mass is 313 g/mol. The molecule has 1 aromatic rings. The third-order valence-corrected chi connectivity index (χ3v) is 4.19. The second-order valence-corrected chi connectivity index (χ2v) is 5.46. The van der Waals surface area contributed by atoms with Crippen LogP contribution in [0.2, 0.25) is 5.02 Å². The molecule has 0 bridgehead atoms. The Kier molecular flexibility index (Phi) is 3.93. The fraction of sp³-hybridized carbons (Fsp3) is 0.417. The van der Waals surface area contributed by atoms with Crippen molar-refractivity contribution in [2.24, 2.45) is 0 Å². The fourth-order valence-corrected chi connectivity index (χ4v) is 2.46. The molecule has 1 aliphatic heterocycles. The minimum absolute atomic E-state index is 0.460. The third kappa shape index (κ3) is 2.92. The van der Waals surface area contributed by atoms with Crippen molar-refractivity contribution in [3.63, 3.8) is 0 Å². The van der Waals surface area contributed by atoms with Crippen LogP contribution in [-0.4, -0.2) is 18.6 Å². The van der Waals surface area contributed by atoms with Gasteiger partial charge < -0.3 is 10.6 Å². The maximum Gasteiger partial charge on any atom is 0.127 e. The normalized spacial score (nSPS) is 18.4. The van der Waals surface area contributed by atoms with Crippen molar-refractivity contribution in [3.8, 4) is 6.07 Å². The van der Waals surface area contributed by atoms with Crippen LogP contribution in [-0.2, 0) is 0 Å². The highest BCUT2D eigenvalue weighted by atomic mass is 79.9. The summed E-state index contributed by atoms with van der Waals surface area (Å²) in [6, 6.07) is 8.02. The number of hydrogen-bond acceptors (Lipinski definition) is 3. The molecule has 0 aromatic heterocycles. The van der Waals surface area contributed by atoms with Crippen molar-refractivity contribution in [2.75, 3.05) is 18.4 Å². The molecule has 0 amide bonds. The van der Waals surface area contributed by atoms with E-state index in [2.05, 4.69) is 32.6 Å². The molecule has 1 aromatic carbocycles. The Labute approximate surface area is 114 Å². The highest BCUT2D eigenvalue weighted by Gasteiger charge is 2.31. The van der Waals surface area contributed by atoms with Crippen LogP contribution >= 0.6 is 27.5 Å². The molecule has 90 valence electrons. The van der Waals surface area contributed by atoms with E-state index in [1.165, 1.54) is 0 Å². The minimum Gasteiger partial charge on any atom is -0.367 e. The third-order valence-electron chi connectivity index (χ3n) is 2.97. The zero-order valence-corrected chi connectivity index (χ0v) is 11.6. The first-order valence-corrected chi connectivity index (χ1v) is 6.67. The first kappa shape index (κ1) is 12.7. The van der Waals surface area contributed by atoms with Crippen LogP contribution in [0.3, 0.4) is 0 Å². The summed E-state index contributed by atoms with van der Waals surface area (Å²) in [6.45, 7) is 1.74. The van der Waals surface area contributed by atoms with Gasteiger partial charge in [-0.3, -0.25) is 0 Å². The van der Waals surface area contributed by atoms with Crippen molar-refractivity contribution >= 4 is 33.2 Å². The van der Waals surface area contributed by atoms with Crippen molar-refractivity contribution < 1.29 is 0 Å². The molecule has 1 heterocycles. The lowest BCUT2D eigenvalue weighted by Gasteiger charge is -2.33. The predicted molar refractivity (Wildman–Crippen MR) is 73.2 cm³/mol. The average Bonchev–Trinajstić information content (AvgIpc) is 2.35. The molecule has 0 unspecified atom stereocenters. The number of hydrogen-bond donors (Lipinski definition) is 2. The van der Waals surface area contributed by atoms with Crippen LogP contribution in [0, 0.1) is 11.3 Å². The number of piperidine rings is 1. The van der Waals surface area contributed by atoms with E-state index in [-0.39, 0.29) is 0 Å². The molecule has 0 spiro atoms. The van der Waals surface area contributed by atoms with Crippen LogP contribution in [0.4, 0.5) is 5.69 Å². The van der Waals surface area contributed by atoms with Crippen molar-refractivity contribution in [1.82, 2.24) is 5.32 Å². The zero-order valence-electron chi connectivity index (χ0n) is 9.26. The Morgan fingerprint density at radius 1 is 1.41 bits per heavy atom. The van der Waals surface area contributed by atoms with E-state index >= 15 is 0 Å². The number of halogens is 2. The van der Waals surface area contributed by atoms with E-state index in [0.717, 1.165) is 36.1 Å². The first-order valence-electron chi connectivity index (χ1n) is 5.50. The molecule has 2 rings (SSSR count). The van der Waals surface area contributed by atoms with Gasteiger partial charge in [-0.05, 0) is 60.1 Å². The maximum absolute atomic E-state index is 9.35. The van der Waals surface area contributed by atoms with Gasteiger partial charge in [-0.15, -0.1) is 0 Å². The Morgan fingerprint density at radius 2 is 2.12 bits per heavy atom. The molecule has 3 nitrogen and oxygen atoms in total. The molecule has 0 aliphatic carbocycles. The average molecular weight is 315 g/mol. The summed E-state index contributed by atoms with van der Waals surface area (Å²) in [5.74, 6) is 0. The lowest BCUT2D eigenvalue weighted by Crippen LogP contribution is -2.46. The number of rotatable bonds is 2. The van der Waals surface area contributed by atoms with Crippen molar-refractivity contribution in [3.05, 3.63) is 27.7 Å². The summed E-state index contributed by atoms with van der Waals surface area (Å²) in [5, 5.41) is 16.6. The molecule has 1 aliphatic rings. The van der Waals surface area contributed by atoms with Gasteiger partial charge in [-0.25, -0.2) is 0 Å². The smallest absolute Gasteiger partial charge is 0.127 e. The van der Waals surface area contributed by atoms with Gasteiger partial charge in [-0.2, -0.15) is 5.26 Å². The molecule has 2 N–H and O–H groups in total. The van der Waals surface area contributed by atoms with Crippen molar-refractivity contribution in [2.45, 2.75) is 18.4 Å². The van der Waals surface area contributed by atoms with Crippen LogP contribution < -0.4 is 10.6 Å². The van der Waals surface area contributed by atoms with Crippen LogP contribution in [0.25, 0.3) is 0 Å². The number of benzene rings is 1. The number of anilines is 1. The van der Waals surface area contributed by atoms with Gasteiger partial charge in [0.15, 0.2) is 0 Å². The van der Waals surface area contributed by atoms with Gasteiger partial charge in [-0.1, -0.05) is 11.6 Å². The minimum atomic E-state index is -0.460. The standard InChI is InChI=1S/C12H13BrClN3/c13-10-7-9(1-2-11(10)14)17-12(8-15)3-5-16-6-4-12/h1-2,7,16-17H,3-6H2.